The van der Waals surface area contributed by atoms with E-state index in [9.17, 15) is 20.4 Å². The molecule has 1 saturated carbocycles. The molecule has 0 bridgehead atoms. The van der Waals surface area contributed by atoms with Gasteiger partial charge < -0.3 is 25.7 Å². The van der Waals surface area contributed by atoms with Crippen LogP contribution in [-0.4, -0.2) is 73.0 Å². The predicted octanol–water partition coefficient (Wildman–Crippen LogP) is 1.89. The van der Waals surface area contributed by atoms with E-state index >= 15 is 0 Å². The summed E-state index contributed by atoms with van der Waals surface area (Å²) in [6.45, 7) is 1.03. The minimum atomic E-state index is -1.25. The van der Waals surface area contributed by atoms with Gasteiger partial charge in [-0.25, -0.2) is 0 Å². The van der Waals surface area contributed by atoms with Crippen molar-refractivity contribution in [2.45, 2.75) is 56.2 Å². The predicted molar refractivity (Wildman–Crippen MR) is 133 cm³/mol. The van der Waals surface area contributed by atoms with Crippen LogP contribution in [0.2, 0.25) is 0 Å². The minimum absolute atomic E-state index is 0.193. The molecule has 1 saturated heterocycles. The van der Waals surface area contributed by atoms with Gasteiger partial charge in [0.15, 0.2) is 0 Å². The number of hydrogen-bond acceptors (Lipinski definition) is 8. The summed E-state index contributed by atoms with van der Waals surface area (Å²) in [6, 6.07) is 17.9. The lowest BCUT2D eigenvalue weighted by molar-refractivity contribution is -0.147. The lowest BCUT2D eigenvalue weighted by Gasteiger charge is -2.43. The van der Waals surface area contributed by atoms with Crippen LogP contribution in [0.5, 0.6) is 0 Å². The molecule has 4 atom stereocenters. The molecule has 8 nitrogen and oxygen atoms in total. The van der Waals surface area contributed by atoms with Crippen LogP contribution in [0.3, 0.4) is 0 Å². The van der Waals surface area contributed by atoms with Gasteiger partial charge in [0.25, 0.3) is 0 Å². The second-order valence-corrected chi connectivity index (χ2v) is 9.62. The van der Waals surface area contributed by atoms with E-state index < -0.39 is 24.4 Å². The average molecular weight is 477 g/mol. The summed E-state index contributed by atoms with van der Waals surface area (Å²) in [5.41, 5.74) is 6.45. The normalized spacial score (nSPS) is 24.9. The zero-order valence-electron chi connectivity index (χ0n) is 19.5. The smallest absolute Gasteiger partial charge is 0.109 e. The van der Waals surface area contributed by atoms with E-state index in [1.165, 1.54) is 18.4 Å². The van der Waals surface area contributed by atoms with Crippen LogP contribution in [0.1, 0.15) is 35.4 Å². The first-order valence-electron chi connectivity index (χ1n) is 12.2. The number of anilines is 1. The highest BCUT2D eigenvalue weighted by molar-refractivity contribution is 5.67. The third-order valence-corrected chi connectivity index (χ3v) is 6.99. The van der Waals surface area contributed by atoms with E-state index in [4.69, 9.17) is 0 Å². The lowest BCUT2D eigenvalue weighted by Crippen LogP contribution is -2.62. The molecule has 2 fully saturated rings. The van der Waals surface area contributed by atoms with Crippen molar-refractivity contribution < 1.29 is 20.4 Å². The zero-order chi connectivity index (χ0) is 24.4. The number of rotatable bonds is 8. The molecule has 3 aromatic rings. The quantitative estimate of drug-likeness (QED) is 0.334. The fourth-order valence-electron chi connectivity index (χ4n) is 4.77. The number of hydrogen-bond donors (Lipinski definition) is 5. The largest absolute Gasteiger partial charge is 0.395 e. The molecule has 35 heavy (non-hydrogen) atoms. The van der Waals surface area contributed by atoms with Gasteiger partial charge in [-0.2, -0.15) is 10.2 Å². The van der Waals surface area contributed by atoms with Gasteiger partial charge in [-0.1, -0.05) is 24.3 Å². The first-order chi connectivity index (χ1) is 17.0. The van der Waals surface area contributed by atoms with E-state index in [1.54, 1.807) is 6.20 Å². The van der Waals surface area contributed by atoms with E-state index in [0.717, 1.165) is 28.1 Å². The molecule has 5 N–H and O–H groups in total. The highest BCUT2D eigenvalue weighted by Gasteiger charge is 2.40. The third kappa shape index (κ3) is 5.52. The first-order valence-corrected chi connectivity index (χ1v) is 12.2. The molecule has 0 unspecified atom stereocenters. The minimum Gasteiger partial charge on any atom is -0.395 e. The van der Waals surface area contributed by atoms with E-state index in [2.05, 4.69) is 45.8 Å². The number of nitrogens with zero attached hydrogens (tertiary/aromatic N) is 3. The van der Waals surface area contributed by atoms with Crippen molar-refractivity contribution in [3.63, 3.8) is 0 Å². The molecule has 2 heterocycles. The fourth-order valence-corrected chi connectivity index (χ4v) is 4.77. The van der Waals surface area contributed by atoms with Gasteiger partial charge in [-0.3, -0.25) is 4.90 Å². The van der Waals surface area contributed by atoms with E-state index in [0.29, 0.717) is 19.0 Å². The summed E-state index contributed by atoms with van der Waals surface area (Å²) in [5.74, 6) is 0.627. The Balaban J connectivity index is 1.25. The Bertz CT molecular complexity index is 1120. The molecular weight excluding hydrogens is 444 g/mol. The Labute approximate surface area is 204 Å². The van der Waals surface area contributed by atoms with Crippen LogP contribution in [0, 0.1) is 0 Å². The van der Waals surface area contributed by atoms with Crippen LogP contribution in [0.4, 0.5) is 5.69 Å². The molecule has 8 heteroatoms. The number of aromatic nitrogens is 2. The van der Waals surface area contributed by atoms with Gasteiger partial charge in [0.05, 0.1) is 24.4 Å². The number of likely N-dealkylation sites (tertiary alicyclic amines) is 1. The van der Waals surface area contributed by atoms with Crippen molar-refractivity contribution in [3.05, 3.63) is 77.5 Å². The molecule has 5 rings (SSSR count). The highest BCUT2D eigenvalue weighted by Crippen LogP contribution is 2.42. The van der Waals surface area contributed by atoms with Gasteiger partial charge in [0, 0.05) is 37.1 Å². The summed E-state index contributed by atoms with van der Waals surface area (Å²) < 4.78 is 0. The monoisotopic (exact) mass is 476 g/mol. The summed E-state index contributed by atoms with van der Waals surface area (Å²) in [5, 5.41) is 51.6. The van der Waals surface area contributed by atoms with Crippen molar-refractivity contribution in [1.29, 1.82) is 0 Å². The lowest BCUT2D eigenvalue weighted by atomic mass is 9.93. The summed E-state index contributed by atoms with van der Waals surface area (Å²) in [4.78, 5) is 1.81. The number of benzene rings is 2. The Hall–Kier alpha value is -2.88. The van der Waals surface area contributed by atoms with Crippen molar-refractivity contribution in [3.8, 4) is 11.3 Å². The molecule has 1 aliphatic heterocycles. The summed E-state index contributed by atoms with van der Waals surface area (Å²) >= 11 is 0. The van der Waals surface area contributed by atoms with Crippen molar-refractivity contribution in [1.82, 2.24) is 15.1 Å². The highest BCUT2D eigenvalue weighted by atomic mass is 16.4. The number of aliphatic hydroxyl groups is 4. The van der Waals surface area contributed by atoms with Crippen LogP contribution < -0.4 is 5.32 Å². The number of piperidine rings is 1. The Morgan fingerprint density at radius 2 is 1.71 bits per heavy atom. The summed E-state index contributed by atoms with van der Waals surface area (Å²) in [7, 11) is 0. The molecule has 0 amide bonds. The second-order valence-electron chi connectivity index (χ2n) is 9.62. The molecule has 1 aromatic heterocycles. The molecule has 1 aliphatic carbocycles. The number of nitrogens with one attached hydrogen (secondary N) is 1. The van der Waals surface area contributed by atoms with Crippen molar-refractivity contribution >= 4 is 5.69 Å². The van der Waals surface area contributed by atoms with Crippen LogP contribution in [0.25, 0.3) is 11.3 Å². The van der Waals surface area contributed by atoms with Gasteiger partial charge in [0.2, 0.25) is 0 Å². The third-order valence-electron chi connectivity index (χ3n) is 6.99. The maximum absolute atomic E-state index is 10.2. The van der Waals surface area contributed by atoms with Crippen LogP contribution >= 0.6 is 0 Å². The average Bonchev–Trinajstić information content (AvgIpc) is 3.73. The molecular formula is C27H32N4O4. The van der Waals surface area contributed by atoms with Crippen molar-refractivity contribution in [2.24, 2.45) is 0 Å². The topological polar surface area (TPSA) is 122 Å². The Kier molecular flexibility index (Phi) is 7.08. The van der Waals surface area contributed by atoms with Gasteiger partial charge in [-0.05, 0) is 65.8 Å². The van der Waals surface area contributed by atoms with Gasteiger partial charge in [-0.15, -0.1) is 0 Å². The molecule has 0 spiro atoms. The van der Waals surface area contributed by atoms with E-state index in [-0.39, 0.29) is 13.2 Å². The van der Waals surface area contributed by atoms with E-state index in [1.807, 2.05) is 29.2 Å². The maximum atomic E-state index is 10.2. The number of aliphatic hydroxyl groups excluding tert-OH is 4. The molecule has 184 valence electrons. The van der Waals surface area contributed by atoms with Gasteiger partial charge in [0.1, 0.15) is 12.2 Å². The zero-order valence-corrected chi connectivity index (χ0v) is 19.5. The van der Waals surface area contributed by atoms with Gasteiger partial charge >= 0.3 is 0 Å². The Morgan fingerprint density at radius 3 is 2.40 bits per heavy atom. The SMILES string of the molecule is OC[C@@H]1[C@@H](O)[C@H](O)[C@@H](O)CN1Cc1ccc(CNc2cc(-c3cccnn3)cc(C3CC3)c2)cc1. The number of β-amino-alcohol motifs (C(OH)–C–C–N with tert-alkyl or cyclic N) is 1. The van der Waals surface area contributed by atoms with Crippen molar-refractivity contribution in [2.75, 3.05) is 18.5 Å². The first kappa shape index (κ1) is 23.8. The standard InChI is InChI=1S/C27H32N4O4/c32-16-24-26(34)27(35)25(33)15-31(24)14-18-5-3-17(4-6-18)13-28-22-11-20(19-7-8-19)10-21(12-22)23-2-1-9-29-30-23/h1-6,9-12,19,24-28,32-35H,7-8,13-16H2/t24-,25+,26-,27-/m1/s1. The molecule has 2 aromatic carbocycles. The molecule has 0 radical (unpaired) electrons. The fraction of sp³-hybridized carbons (Fsp3) is 0.407. The maximum Gasteiger partial charge on any atom is 0.109 e. The second kappa shape index (κ2) is 10.4. The summed E-state index contributed by atoms with van der Waals surface area (Å²) in [6.07, 6.45) is 0.655. The Morgan fingerprint density at radius 1 is 0.943 bits per heavy atom. The van der Waals surface area contributed by atoms with Crippen LogP contribution in [-0.2, 0) is 13.1 Å². The van der Waals surface area contributed by atoms with Crippen LogP contribution in [0.15, 0.2) is 60.8 Å². The molecule has 2 aliphatic rings.